The molecule has 0 aromatic carbocycles. The molecule has 0 saturated heterocycles. The van der Waals surface area contributed by atoms with Crippen LogP contribution >= 0.6 is 19.2 Å². The Labute approximate surface area is 138 Å². The highest BCUT2D eigenvalue weighted by Gasteiger charge is 2.16. The van der Waals surface area contributed by atoms with Crippen molar-refractivity contribution in [2.45, 2.75) is 19.9 Å². The highest BCUT2D eigenvalue weighted by molar-refractivity contribution is 7.53. The fourth-order valence-corrected chi connectivity index (χ4v) is 2.68. The Hall–Kier alpha value is -1.18. The molecule has 0 amide bonds. The lowest BCUT2D eigenvalue weighted by molar-refractivity contribution is 0.128. The fraction of sp³-hybridized carbons (Fsp3) is 0.538. The summed E-state index contributed by atoms with van der Waals surface area (Å²) in [4.78, 5) is 34.3. The van der Waals surface area contributed by atoms with Crippen LogP contribution in [-0.4, -0.2) is 40.4 Å². The Balaban J connectivity index is 2.43. The third-order valence-corrected chi connectivity index (χ3v) is 4.23. The summed E-state index contributed by atoms with van der Waals surface area (Å²) in [5, 5.41) is -0.108. The molecule has 10 heteroatoms. The van der Waals surface area contributed by atoms with E-state index in [0.717, 1.165) is 0 Å². The van der Waals surface area contributed by atoms with Gasteiger partial charge in [-0.25, -0.2) is 4.79 Å². The van der Waals surface area contributed by atoms with Gasteiger partial charge in [-0.3, -0.25) is 18.9 Å². The predicted molar refractivity (Wildman–Crippen MR) is 87.2 cm³/mol. The first-order valence-corrected chi connectivity index (χ1v) is 9.18. The number of ether oxygens (including phenoxy) is 1. The van der Waals surface area contributed by atoms with E-state index >= 15 is 0 Å². The number of hydrogen-bond acceptors (Lipinski definition) is 5. The van der Waals surface area contributed by atoms with Crippen LogP contribution in [0.4, 0.5) is 0 Å². The van der Waals surface area contributed by atoms with Gasteiger partial charge in [-0.15, -0.1) is 0 Å². The van der Waals surface area contributed by atoms with Crippen molar-refractivity contribution in [3.05, 3.63) is 44.2 Å². The lowest BCUT2D eigenvalue weighted by atomic mass is 10.5. The van der Waals surface area contributed by atoms with Crippen LogP contribution in [0.15, 0.2) is 27.9 Å². The average molecular weight is 367 g/mol. The Bertz CT molecular complexity index is 684. The summed E-state index contributed by atoms with van der Waals surface area (Å²) in [6, 6.07) is 0. The maximum absolute atomic E-state index is 11.7. The van der Waals surface area contributed by atoms with Gasteiger partial charge >= 0.3 is 13.3 Å². The number of aromatic amines is 1. The van der Waals surface area contributed by atoms with Crippen LogP contribution in [-0.2, 0) is 20.4 Å². The fourth-order valence-electron chi connectivity index (χ4n) is 1.58. The molecule has 1 heterocycles. The molecule has 130 valence electrons. The number of hydrogen-bond donors (Lipinski definition) is 2. The van der Waals surface area contributed by atoms with Crippen molar-refractivity contribution >= 4 is 19.2 Å². The first kappa shape index (κ1) is 19.9. The van der Waals surface area contributed by atoms with Crippen molar-refractivity contribution in [1.82, 2.24) is 9.55 Å². The number of nitrogens with one attached hydrogen (secondary N) is 1. The van der Waals surface area contributed by atoms with E-state index in [4.69, 9.17) is 20.9 Å². The van der Waals surface area contributed by atoms with Gasteiger partial charge < -0.3 is 14.2 Å². The van der Waals surface area contributed by atoms with Crippen LogP contribution in [0.2, 0.25) is 5.02 Å². The smallest absolute Gasteiger partial charge is 0.331 e. The molecule has 0 fully saturated rings. The summed E-state index contributed by atoms with van der Waals surface area (Å²) in [5.41, 5.74) is -1.26. The van der Waals surface area contributed by atoms with E-state index in [1.165, 1.54) is 22.9 Å². The molecule has 0 aliphatic carbocycles. The van der Waals surface area contributed by atoms with E-state index in [9.17, 15) is 19.0 Å². The molecule has 1 rings (SSSR count). The van der Waals surface area contributed by atoms with Crippen LogP contribution < -0.4 is 11.2 Å². The zero-order valence-electron chi connectivity index (χ0n) is 12.7. The molecule has 8 nitrogen and oxygen atoms in total. The van der Waals surface area contributed by atoms with Gasteiger partial charge in [-0.1, -0.05) is 23.8 Å². The van der Waals surface area contributed by atoms with Crippen molar-refractivity contribution < 1.29 is 18.7 Å². The maximum atomic E-state index is 11.7. The third-order valence-electron chi connectivity index (χ3n) is 2.70. The molecule has 0 saturated carbocycles. The largest absolute Gasteiger partial charge is 0.382 e. The number of rotatable bonds is 10. The SMILES string of the molecule is CCOCCCOP(=O)(O)CC=CCn1cc(Cl)c(=O)[nH]c1=O. The van der Waals surface area contributed by atoms with Gasteiger partial charge in [0, 0.05) is 26.0 Å². The van der Waals surface area contributed by atoms with E-state index in [-0.39, 0.29) is 24.3 Å². The lowest BCUT2D eigenvalue weighted by Gasteiger charge is -2.10. The minimum Gasteiger partial charge on any atom is -0.382 e. The Morgan fingerprint density at radius 1 is 1.39 bits per heavy atom. The van der Waals surface area contributed by atoms with E-state index < -0.39 is 18.8 Å². The highest BCUT2D eigenvalue weighted by atomic mass is 35.5. The second-order valence-corrected chi connectivity index (χ2v) is 6.87. The Morgan fingerprint density at radius 2 is 2.13 bits per heavy atom. The van der Waals surface area contributed by atoms with Crippen LogP contribution in [0.5, 0.6) is 0 Å². The van der Waals surface area contributed by atoms with Crippen molar-refractivity contribution in [2.75, 3.05) is 26.0 Å². The Morgan fingerprint density at radius 3 is 2.83 bits per heavy atom. The van der Waals surface area contributed by atoms with Crippen LogP contribution in [0.25, 0.3) is 0 Å². The summed E-state index contributed by atoms with van der Waals surface area (Å²) in [5.74, 6) is 0. The predicted octanol–water partition coefficient (Wildman–Crippen LogP) is 1.37. The molecule has 2 N–H and O–H groups in total. The number of aromatic nitrogens is 2. The van der Waals surface area contributed by atoms with Crippen molar-refractivity contribution in [3.63, 3.8) is 0 Å². The van der Waals surface area contributed by atoms with Crippen LogP contribution in [0, 0.1) is 0 Å². The summed E-state index contributed by atoms with van der Waals surface area (Å²) < 4.78 is 22.9. The maximum Gasteiger partial charge on any atom is 0.331 e. The zero-order valence-corrected chi connectivity index (χ0v) is 14.4. The zero-order chi connectivity index (χ0) is 17.3. The molecule has 0 aliphatic heterocycles. The summed E-state index contributed by atoms with van der Waals surface area (Å²) in [6.45, 7) is 3.18. The highest BCUT2D eigenvalue weighted by Crippen LogP contribution is 2.41. The lowest BCUT2D eigenvalue weighted by Crippen LogP contribution is -2.29. The van der Waals surface area contributed by atoms with E-state index in [1.54, 1.807) is 0 Å². The second kappa shape index (κ2) is 9.85. The molecule has 0 radical (unpaired) electrons. The van der Waals surface area contributed by atoms with Gasteiger partial charge in [0.25, 0.3) is 5.56 Å². The number of nitrogens with zero attached hydrogens (tertiary/aromatic N) is 1. The number of halogens is 1. The van der Waals surface area contributed by atoms with Gasteiger partial charge in [0.2, 0.25) is 0 Å². The average Bonchev–Trinajstić information content (AvgIpc) is 2.48. The molecule has 0 spiro atoms. The Kier molecular flexibility index (Phi) is 8.51. The summed E-state index contributed by atoms with van der Waals surface area (Å²) in [7, 11) is -3.71. The molecule has 1 aromatic rings. The molecule has 0 aliphatic rings. The van der Waals surface area contributed by atoms with E-state index in [2.05, 4.69) is 4.98 Å². The molecular weight excluding hydrogens is 347 g/mol. The first-order chi connectivity index (χ1) is 10.9. The monoisotopic (exact) mass is 366 g/mol. The minimum atomic E-state index is -3.71. The van der Waals surface area contributed by atoms with Gasteiger partial charge in [0.05, 0.1) is 12.8 Å². The quantitative estimate of drug-likeness (QED) is 0.367. The molecule has 0 bridgehead atoms. The molecule has 1 unspecified atom stereocenters. The van der Waals surface area contributed by atoms with E-state index in [0.29, 0.717) is 19.6 Å². The first-order valence-electron chi connectivity index (χ1n) is 7.04. The van der Waals surface area contributed by atoms with Crippen molar-refractivity contribution in [3.8, 4) is 0 Å². The summed E-state index contributed by atoms with van der Waals surface area (Å²) >= 11 is 5.62. The topological polar surface area (TPSA) is 111 Å². The van der Waals surface area contributed by atoms with Gasteiger partial charge in [0.15, 0.2) is 0 Å². The summed E-state index contributed by atoms with van der Waals surface area (Å²) in [6.07, 6.45) is 4.52. The molecule has 23 heavy (non-hydrogen) atoms. The van der Waals surface area contributed by atoms with Gasteiger partial charge in [-0.05, 0) is 13.3 Å². The number of H-pyrrole nitrogens is 1. The minimum absolute atomic E-state index is 0.108. The van der Waals surface area contributed by atoms with Crippen LogP contribution in [0.3, 0.4) is 0 Å². The number of allylic oxidation sites excluding steroid dienone is 2. The standard InChI is InChI=1S/C13H20ClN2O6P/c1-2-21-7-5-8-22-23(19,20)9-4-3-6-16-10-11(14)12(17)15-13(16)18/h3-4,10H,2,5-9H2,1H3,(H,19,20)(H,15,17,18). The molecule has 1 aromatic heterocycles. The van der Waals surface area contributed by atoms with Crippen molar-refractivity contribution in [1.29, 1.82) is 0 Å². The van der Waals surface area contributed by atoms with Gasteiger partial charge in [-0.2, -0.15) is 0 Å². The van der Waals surface area contributed by atoms with Crippen molar-refractivity contribution in [2.24, 2.45) is 0 Å². The molecular formula is C13H20ClN2O6P. The molecule has 1 atom stereocenters. The van der Waals surface area contributed by atoms with Crippen LogP contribution in [0.1, 0.15) is 13.3 Å². The normalized spacial score (nSPS) is 14.2. The van der Waals surface area contributed by atoms with E-state index in [1.807, 2.05) is 6.92 Å². The third kappa shape index (κ3) is 7.76. The second-order valence-electron chi connectivity index (χ2n) is 4.56. The van der Waals surface area contributed by atoms with Gasteiger partial charge in [0.1, 0.15) is 5.02 Å².